The summed E-state index contributed by atoms with van der Waals surface area (Å²) in [6.45, 7) is 7.22. The molecule has 1 heterocycles. The van der Waals surface area contributed by atoms with Crippen LogP contribution in [0.5, 0.6) is 5.75 Å². The second kappa shape index (κ2) is 5.50. The standard InChI is InChI=1S/C14H19NO3/c1-10-7-12(11(2)16)8-13(14(10)17)9-15-3-5-18-6-4-15/h7-8,17H,3-6,9H2,1-2H3. The normalized spacial score (nSPS) is 16.8. The molecule has 0 spiro atoms. The number of rotatable bonds is 3. The van der Waals surface area contributed by atoms with E-state index in [-0.39, 0.29) is 5.78 Å². The molecular formula is C14H19NO3. The highest BCUT2D eigenvalue weighted by Gasteiger charge is 2.15. The first-order chi connectivity index (χ1) is 8.58. The quantitative estimate of drug-likeness (QED) is 0.829. The molecule has 1 N–H and O–H groups in total. The van der Waals surface area contributed by atoms with Crippen LogP contribution in [-0.4, -0.2) is 42.1 Å². The fourth-order valence-electron chi connectivity index (χ4n) is 2.18. The maximum atomic E-state index is 11.4. The van der Waals surface area contributed by atoms with Gasteiger partial charge in [-0.25, -0.2) is 0 Å². The molecule has 1 aromatic carbocycles. The summed E-state index contributed by atoms with van der Waals surface area (Å²) in [4.78, 5) is 13.7. The van der Waals surface area contributed by atoms with Crippen molar-refractivity contribution in [1.82, 2.24) is 4.90 Å². The van der Waals surface area contributed by atoms with Crippen LogP contribution in [0.3, 0.4) is 0 Å². The number of morpholine rings is 1. The molecule has 2 rings (SSSR count). The molecule has 0 bridgehead atoms. The lowest BCUT2D eigenvalue weighted by Gasteiger charge is -2.27. The maximum Gasteiger partial charge on any atom is 0.159 e. The molecule has 1 aliphatic heterocycles. The molecule has 18 heavy (non-hydrogen) atoms. The highest BCUT2D eigenvalue weighted by Crippen LogP contribution is 2.25. The van der Waals surface area contributed by atoms with Crippen molar-refractivity contribution in [2.45, 2.75) is 20.4 Å². The van der Waals surface area contributed by atoms with Gasteiger partial charge >= 0.3 is 0 Å². The van der Waals surface area contributed by atoms with E-state index in [9.17, 15) is 9.90 Å². The van der Waals surface area contributed by atoms with Crippen LogP contribution in [0.1, 0.15) is 28.4 Å². The van der Waals surface area contributed by atoms with E-state index in [1.165, 1.54) is 0 Å². The molecular weight excluding hydrogens is 230 g/mol. The maximum absolute atomic E-state index is 11.4. The number of phenolic OH excluding ortho intramolecular Hbond substituents is 1. The van der Waals surface area contributed by atoms with Gasteiger partial charge in [-0.1, -0.05) is 0 Å². The van der Waals surface area contributed by atoms with Crippen LogP contribution in [0.25, 0.3) is 0 Å². The van der Waals surface area contributed by atoms with Gasteiger partial charge in [0.05, 0.1) is 13.2 Å². The number of nitrogens with zero attached hydrogens (tertiary/aromatic N) is 1. The number of hydrogen-bond acceptors (Lipinski definition) is 4. The van der Waals surface area contributed by atoms with Gasteiger partial charge in [-0.05, 0) is 31.5 Å². The van der Waals surface area contributed by atoms with Gasteiger partial charge in [0.2, 0.25) is 0 Å². The van der Waals surface area contributed by atoms with Crippen molar-refractivity contribution >= 4 is 5.78 Å². The lowest BCUT2D eigenvalue weighted by molar-refractivity contribution is 0.0338. The Kier molecular flexibility index (Phi) is 3.99. The number of carbonyl (C=O) groups is 1. The van der Waals surface area contributed by atoms with Gasteiger partial charge in [-0.2, -0.15) is 0 Å². The number of hydrogen-bond donors (Lipinski definition) is 1. The Morgan fingerprint density at radius 1 is 1.39 bits per heavy atom. The van der Waals surface area contributed by atoms with Crippen LogP contribution in [0.15, 0.2) is 12.1 Å². The zero-order valence-electron chi connectivity index (χ0n) is 10.9. The molecule has 0 aliphatic carbocycles. The third-order valence-electron chi connectivity index (χ3n) is 3.28. The molecule has 1 aromatic rings. The Labute approximate surface area is 107 Å². The van der Waals surface area contributed by atoms with Crippen LogP contribution in [0, 0.1) is 6.92 Å². The second-order valence-electron chi connectivity index (χ2n) is 4.75. The zero-order chi connectivity index (χ0) is 13.1. The number of phenols is 1. The SMILES string of the molecule is CC(=O)c1cc(C)c(O)c(CN2CCOCC2)c1. The van der Waals surface area contributed by atoms with Gasteiger partial charge < -0.3 is 9.84 Å². The summed E-state index contributed by atoms with van der Waals surface area (Å²) in [7, 11) is 0. The topological polar surface area (TPSA) is 49.8 Å². The minimum absolute atomic E-state index is 0.0290. The summed E-state index contributed by atoms with van der Waals surface area (Å²) in [6, 6.07) is 3.53. The predicted octanol–water partition coefficient (Wildman–Crippen LogP) is 1.74. The molecule has 0 unspecified atom stereocenters. The van der Waals surface area contributed by atoms with Crippen molar-refractivity contribution in [3.8, 4) is 5.75 Å². The fourth-order valence-corrected chi connectivity index (χ4v) is 2.18. The summed E-state index contributed by atoms with van der Waals surface area (Å²) in [5.41, 5.74) is 2.24. The summed E-state index contributed by atoms with van der Waals surface area (Å²) >= 11 is 0. The Hall–Kier alpha value is -1.39. The Morgan fingerprint density at radius 2 is 2.06 bits per heavy atom. The molecule has 0 atom stereocenters. The molecule has 98 valence electrons. The predicted molar refractivity (Wildman–Crippen MR) is 68.9 cm³/mol. The van der Waals surface area contributed by atoms with Crippen LogP contribution in [-0.2, 0) is 11.3 Å². The number of aryl methyl sites for hydroxylation is 1. The summed E-state index contributed by atoms with van der Waals surface area (Å²) in [6.07, 6.45) is 0. The van der Waals surface area contributed by atoms with E-state index in [4.69, 9.17) is 4.74 Å². The average Bonchev–Trinajstić information content (AvgIpc) is 2.35. The van der Waals surface area contributed by atoms with Crippen molar-refractivity contribution in [3.05, 3.63) is 28.8 Å². The zero-order valence-corrected chi connectivity index (χ0v) is 10.9. The van der Waals surface area contributed by atoms with Crippen LogP contribution < -0.4 is 0 Å². The molecule has 1 saturated heterocycles. The first kappa shape index (κ1) is 13.1. The number of benzene rings is 1. The third-order valence-corrected chi connectivity index (χ3v) is 3.28. The molecule has 0 radical (unpaired) electrons. The van der Waals surface area contributed by atoms with E-state index in [2.05, 4.69) is 4.90 Å². The van der Waals surface area contributed by atoms with Crippen molar-refractivity contribution in [3.63, 3.8) is 0 Å². The van der Waals surface area contributed by atoms with E-state index in [1.54, 1.807) is 19.1 Å². The van der Waals surface area contributed by atoms with Crippen molar-refractivity contribution in [2.24, 2.45) is 0 Å². The van der Waals surface area contributed by atoms with Crippen LogP contribution >= 0.6 is 0 Å². The van der Waals surface area contributed by atoms with Gasteiger partial charge in [0, 0.05) is 30.8 Å². The first-order valence-corrected chi connectivity index (χ1v) is 6.21. The van der Waals surface area contributed by atoms with Crippen LogP contribution in [0.2, 0.25) is 0 Å². The lowest BCUT2D eigenvalue weighted by Crippen LogP contribution is -2.35. The third kappa shape index (κ3) is 2.89. The molecule has 0 saturated carbocycles. The average molecular weight is 249 g/mol. The number of aromatic hydroxyl groups is 1. The first-order valence-electron chi connectivity index (χ1n) is 6.21. The van der Waals surface area contributed by atoms with Gasteiger partial charge in [-0.15, -0.1) is 0 Å². The van der Waals surface area contributed by atoms with Gasteiger partial charge in [0.1, 0.15) is 5.75 Å². The Balaban J connectivity index is 2.22. The molecule has 4 heteroatoms. The number of Topliss-reactive ketones (excluding diaryl/α,β-unsaturated/α-hetero) is 1. The minimum atomic E-state index is 0.0290. The number of ether oxygens (including phenoxy) is 1. The van der Waals surface area contributed by atoms with Gasteiger partial charge in [-0.3, -0.25) is 9.69 Å². The Morgan fingerprint density at radius 3 is 2.67 bits per heavy atom. The monoisotopic (exact) mass is 249 g/mol. The molecule has 1 fully saturated rings. The van der Waals surface area contributed by atoms with Crippen molar-refractivity contribution in [2.75, 3.05) is 26.3 Å². The van der Waals surface area contributed by atoms with E-state index >= 15 is 0 Å². The highest BCUT2D eigenvalue weighted by atomic mass is 16.5. The highest BCUT2D eigenvalue weighted by molar-refractivity contribution is 5.94. The van der Waals surface area contributed by atoms with Gasteiger partial charge in [0.15, 0.2) is 5.78 Å². The molecule has 4 nitrogen and oxygen atoms in total. The van der Waals surface area contributed by atoms with E-state index in [0.717, 1.165) is 37.4 Å². The summed E-state index contributed by atoms with van der Waals surface area (Å²) < 4.78 is 5.30. The van der Waals surface area contributed by atoms with Crippen molar-refractivity contribution in [1.29, 1.82) is 0 Å². The van der Waals surface area contributed by atoms with Crippen molar-refractivity contribution < 1.29 is 14.6 Å². The number of ketones is 1. The molecule has 0 amide bonds. The van der Waals surface area contributed by atoms with Crippen LogP contribution in [0.4, 0.5) is 0 Å². The van der Waals surface area contributed by atoms with E-state index in [1.807, 2.05) is 6.92 Å². The Bertz CT molecular complexity index is 451. The van der Waals surface area contributed by atoms with E-state index < -0.39 is 0 Å². The lowest BCUT2D eigenvalue weighted by atomic mass is 10.0. The largest absolute Gasteiger partial charge is 0.507 e. The minimum Gasteiger partial charge on any atom is -0.507 e. The van der Waals surface area contributed by atoms with E-state index in [0.29, 0.717) is 17.9 Å². The van der Waals surface area contributed by atoms with Gasteiger partial charge in [0.25, 0.3) is 0 Å². The fraction of sp³-hybridized carbons (Fsp3) is 0.500. The molecule has 0 aromatic heterocycles. The second-order valence-corrected chi connectivity index (χ2v) is 4.75. The summed E-state index contributed by atoms with van der Waals surface area (Å²) in [5.74, 6) is 0.327. The molecule has 1 aliphatic rings. The smallest absolute Gasteiger partial charge is 0.159 e. The number of carbonyl (C=O) groups excluding carboxylic acids is 1. The summed E-state index contributed by atoms with van der Waals surface area (Å²) in [5, 5.41) is 10.1.